The molecule has 0 radical (unpaired) electrons. The third kappa shape index (κ3) is 4.61. The molecule has 34 heavy (non-hydrogen) atoms. The number of benzene rings is 2. The number of nitrogens with zero attached hydrogens (tertiary/aromatic N) is 3. The summed E-state index contributed by atoms with van der Waals surface area (Å²) in [6.07, 6.45) is 2.35. The molecule has 1 aliphatic heterocycles. The van der Waals surface area contributed by atoms with E-state index in [-0.39, 0.29) is 5.56 Å². The Morgan fingerprint density at radius 1 is 1.03 bits per heavy atom. The van der Waals surface area contributed by atoms with Gasteiger partial charge in [-0.05, 0) is 42.8 Å². The van der Waals surface area contributed by atoms with Crippen LogP contribution in [-0.4, -0.2) is 27.6 Å². The summed E-state index contributed by atoms with van der Waals surface area (Å²) in [5, 5.41) is 0.827. The Hall–Kier alpha value is -3.45. The Kier molecular flexibility index (Phi) is 7.12. The maximum atomic E-state index is 14.0. The van der Waals surface area contributed by atoms with Gasteiger partial charge in [-0.3, -0.25) is 13.9 Å². The van der Waals surface area contributed by atoms with Gasteiger partial charge >= 0.3 is 6.55 Å². The fourth-order valence-electron chi connectivity index (χ4n) is 4.39. The van der Waals surface area contributed by atoms with Crippen LogP contribution in [0.2, 0.25) is 0 Å². The van der Waals surface area contributed by atoms with Crippen LogP contribution in [0.5, 0.6) is 5.75 Å². The molecular formula is C27H29F2N3O2. The van der Waals surface area contributed by atoms with Crippen molar-refractivity contribution in [3.63, 3.8) is 0 Å². The number of fused-ring (bicyclic) bond motifs is 3. The van der Waals surface area contributed by atoms with E-state index < -0.39 is 6.55 Å². The zero-order chi connectivity index (χ0) is 24.2. The smallest absolute Gasteiger partial charge is 0.319 e. The van der Waals surface area contributed by atoms with E-state index in [9.17, 15) is 13.6 Å². The largest absolute Gasteiger partial charge is 0.489 e. The number of rotatable bonds is 5. The molecule has 0 fully saturated rings. The molecule has 4 aromatic rings. The summed E-state index contributed by atoms with van der Waals surface area (Å²) in [5.74, 6) is 0.464. The molecule has 2 aromatic carbocycles. The minimum atomic E-state index is -2.64. The van der Waals surface area contributed by atoms with Crippen molar-refractivity contribution >= 4 is 10.9 Å². The predicted octanol–water partition coefficient (Wildman–Crippen LogP) is 5.78. The minimum absolute atomic E-state index is 0.283. The van der Waals surface area contributed by atoms with E-state index in [0.29, 0.717) is 35.8 Å². The van der Waals surface area contributed by atoms with Crippen molar-refractivity contribution < 1.29 is 13.5 Å². The second kappa shape index (κ2) is 10.2. The molecule has 7 heteroatoms. The molecule has 5 rings (SSSR count). The van der Waals surface area contributed by atoms with Gasteiger partial charge in [0.15, 0.2) is 0 Å². The lowest BCUT2D eigenvalue weighted by atomic mass is 10.0. The topological polar surface area (TPSA) is 39.4 Å². The maximum absolute atomic E-state index is 14.0. The number of hydrogen-bond donors (Lipinski definition) is 0. The van der Waals surface area contributed by atoms with Gasteiger partial charge in [-0.15, -0.1) is 0 Å². The monoisotopic (exact) mass is 465 g/mol. The van der Waals surface area contributed by atoms with Crippen LogP contribution in [0.4, 0.5) is 8.78 Å². The van der Waals surface area contributed by atoms with Gasteiger partial charge in [0, 0.05) is 36.4 Å². The third-order valence-corrected chi connectivity index (χ3v) is 5.98. The number of aromatic nitrogens is 2. The molecule has 1 aliphatic rings. The molecule has 0 amide bonds. The highest BCUT2D eigenvalue weighted by atomic mass is 19.3. The Labute approximate surface area is 197 Å². The molecule has 0 saturated carbocycles. The summed E-state index contributed by atoms with van der Waals surface area (Å²) in [4.78, 5) is 14.8. The fourth-order valence-corrected chi connectivity index (χ4v) is 4.39. The van der Waals surface area contributed by atoms with Crippen molar-refractivity contribution in [2.75, 3.05) is 13.6 Å². The highest BCUT2D eigenvalue weighted by molar-refractivity contribution is 5.87. The van der Waals surface area contributed by atoms with E-state index in [1.54, 1.807) is 18.3 Å². The van der Waals surface area contributed by atoms with Gasteiger partial charge in [0.25, 0.3) is 5.56 Å². The first-order valence-corrected chi connectivity index (χ1v) is 11.5. The molecule has 0 unspecified atom stereocenters. The first-order chi connectivity index (χ1) is 16.5. The van der Waals surface area contributed by atoms with Crippen LogP contribution in [0.1, 0.15) is 37.2 Å². The van der Waals surface area contributed by atoms with Crippen molar-refractivity contribution in [1.29, 1.82) is 0 Å². The average Bonchev–Trinajstić information content (AvgIpc) is 3.17. The number of ether oxygens (including phenoxy) is 1. The van der Waals surface area contributed by atoms with Crippen LogP contribution >= 0.6 is 0 Å². The number of likely N-dealkylation sites (N-methyl/N-ethyl adjacent to an activating group) is 1. The second-order valence-electron chi connectivity index (χ2n) is 8.11. The Morgan fingerprint density at radius 3 is 2.50 bits per heavy atom. The number of alkyl halides is 2. The summed E-state index contributed by atoms with van der Waals surface area (Å²) in [7, 11) is 1.93. The summed E-state index contributed by atoms with van der Waals surface area (Å²) in [5.41, 5.74) is 3.34. The lowest BCUT2D eigenvalue weighted by Gasteiger charge is -2.24. The molecule has 178 valence electrons. The molecule has 0 aliphatic carbocycles. The van der Waals surface area contributed by atoms with Gasteiger partial charge < -0.3 is 9.64 Å². The third-order valence-electron chi connectivity index (χ3n) is 5.98. The van der Waals surface area contributed by atoms with Crippen LogP contribution in [0.3, 0.4) is 0 Å². The van der Waals surface area contributed by atoms with Crippen LogP contribution in [0.25, 0.3) is 16.6 Å². The van der Waals surface area contributed by atoms with Crippen molar-refractivity contribution in [1.82, 2.24) is 14.0 Å². The lowest BCUT2D eigenvalue weighted by molar-refractivity contribution is 0.0691. The van der Waals surface area contributed by atoms with E-state index in [1.807, 2.05) is 68.3 Å². The van der Waals surface area contributed by atoms with E-state index in [1.165, 1.54) is 10.6 Å². The molecule has 0 saturated heterocycles. The molecule has 0 spiro atoms. The molecule has 2 aromatic heterocycles. The highest BCUT2D eigenvalue weighted by Gasteiger charge is 2.26. The molecule has 0 atom stereocenters. The Balaban J connectivity index is 0.00000133. The zero-order valence-corrected chi connectivity index (χ0v) is 19.7. The van der Waals surface area contributed by atoms with E-state index in [2.05, 4.69) is 0 Å². The standard InChI is InChI=1S/C25H23F2N3O2.C2H6/c1-28-11-10-21-20-8-7-18(13-22(20)30(25(26)27)23(21)15-28)29-12-9-19(14-24(29)31)32-16-17-5-3-2-4-6-17;1-2/h2-9,12-14,25H,10-11,15-16H2,1H3;1-2H3. The average molecular weight is 466 g/mol. The summed E-state index contributed by atoms with van der Waals surface area (Å²) in [6, 6.07) is 18.1. The zero-order valence-electron chi connectivity index (χ0n) is 19.7. The predicted molar refractivity (Wildman–Crippen MR) is 131 cm³/mol. The van der Waals surface area contributed by atoms with E-state index in [4.69, 9.17) is 4.74 Å². The molecule has 5 nitrogen and oxygen atoms in total. The van der Waals surface area contributed by atoms with Crippen LogP contribution in [-0.2, 0) is 19.6 Å². The molecular weight excluding hydrogens is 436 g/mol. The second-order valence-corrected chi connectivity index (χ2v) is 8.11. The van der Waals surface area contributed by atoms with Gasteiger partial charge in [0.05, 0.1) is 11.2 Å². The van der Waals surface area contributed by atoms with Gasteiger partial charge in [0.1, 0.15) is 12.4 Å². The first kappa shape index (κ1) is 23.7. The molecule has 0 bridgehead atoms. The van der Waals surface area contributed by atoms with Crippen LogP contribution in [0, 0.1) is 0 Å². The van der Waals surface area contributed by atoms with Crippen LogP contribution in [0.15, 0.2) is 71.7 Å². The van der Waals surface area contributed by atoms with Gasteiger partial charge in [-0.25, -0.2) is 0 Å². The summed E-state index contributed by atoms with van der Waals surface area (Å²) < 4.78 is 36.3. The minimum Gasteiger partial charge on any atom is -0.489 e. The number of hydrogen-bond acceptors (Lipinski definition) is 3. The van der Waals surface area contributed by atoms with Crippen LogP contribution < -0.4 is 10.3 Å². The van der Waals surface area contributed by atoms with Crippen molar-refractivity contribution in [3.05, 3.63) is 94.0 Å². The maximum Gasteiger partial charge on any atom is 0.319 e. The fraction of sp³-hybridized carbons (Fsp3) is 0.296. The number of halogens is 2. The van der Waals surface area contributed by atoms with E-state index >= 15 is 0 Å². The van der Waals surface area contributed by atoms with Crippen molar-refractivity contribution in [2.24, 2.45) is 0 Å². The normalized spacial score (nSPS) is 13.5. The van der Waals surface area contributed by atoms with Gasteiger partial charge in [0.2, 0.25) is 0 Å². The highest BCUT2D eigenvalue weighted by Crippen LogP contribution is 2.35. The summed E-state index contributed by atoms with van der Waals surface area (Å²) in [6.45, 7) is 3.03. The quantitative estimate of drug-likeness (QED) is 0.375. The van der Waals surface area contributed by atoms with Gasteiger partial charge in [-0.2, -0.15) is 8.78 Å². The first-order valence-electron chi connectivity index (χ1n) is 11.5. The van der Waals surface area contributed by atoms with Gasteiger partial charge in [-0.1, -0.05) is 50.2 Å². The molecule has 3 heterocycles. The van der Waals surface area contributed by atoms with E-state index in [0.717, 1.165) is 34.0 Å². The molecule has 0 N–H and O–H groups in total. The van der Waals surface area contributed by atoms with Crippen molar-refractivity contribution in [3.8, 4) is 11.4 Å². The number of pyridine rings is 1. The Morgan fingerprint density at radius 2 is 1.79 bits per heavy atom. The van der Waals surface area contributed by atoms with Crippen molar-refractivity contribution in [2.45, 2.75) is 40.0 Å². The SMILES string of the molecule is CC.CN1CCc2c(n(C(F)F)c3cc(-n4ccc(OCc5ccccc5)cc4=O)ccc23)C1. The summed E-state index contributed by atoms with van der Waals surface area (Å²) >= 11 is 0. The Bertz CT molecular complexity index is 1330. The lowest BCUT2D eigenvalue weighted by Crippen LogP contribution is -2.27.